The Balaban J connectivity index is 1.39. The Morgan fingerprint density at radius 1 is 1.48 bits per heavy atom. The van der Waals surface area contributed by atoms with Crippen LogP contribution in [0.4, 0.5) is 0 Å². The summed E-state index contributed by atoms with van der Waals surface area (Å²) in [6.45, 7) is 3.79. The quantitative estimate of drug-likeness (QED) is 0.897. The van der Waals surface area contributed by atoms with Gasteiger partial charge in [-0.25, -0.2) is 4.98 Å². The van der Waals surface area contributed by atoms with Gasteiger partial charge in [0.25, 0.3) is 0 Å². The lowest BCUT2D eigenvalue weighted by Crippen LogP contribution is -2.43. The van der Waals surface area contributed by atoms with E-state index in [0.29, 0.717) is 31.4 Å². The van der Waals surface area contributed by atoms with Crippen molar-refractivity contribution in [1.29, 1.82) is 0 Å². The normalized spacial score (nSPS) is 25.8. The summed E-state index contributed by atoms with van der Waals surface area (Å²) in [4.78, 5) is 23.4. The maximum Gasteiger partial charge on any atom is 0.226 e. The summed E-state index contributed by atoms with van der Waals surface area (Å²) in [6, 6.07) is 3.98. The molecule has 132 valence electrons. The van der Waals surface area contributed by atoms with E-state index in [1.54, 1.807) is 6.20 Å². The van der Waals surface area contributed by atoms with E-state index >= 15 is 0 Å². The van der Waals surface area contributed by atoms with Crippen LogP contribution in [0.5, 0.6) is 0 Å². The predicted molar refractivity (Wildman–Crippen MR) is 90.7 cm³/mol. The Bertz CT molecular complexity index is 732. The minimum absolute atomic E-state index is 0.0748. The van der Waals surface area contributed by atoms with E-state index in [1.807, 2.05) is 17.2 Å². The highest BCUT2D eigenvalue weighted by molar-refractivity contribution is 5.83. The van der Waals surface area contributed by atoms with Crippen molar-refractivity contribution in [2.24, 2.45) is 5.92 Å². The van der Waals surface area contributed by atoms with Gasteiger partial charge in [0, 0.05) is 31.3 Å². The standard InChI is InChI=1S/C18H23N5O2/c1-2-4-16-20-17(22-21-16)15-11-23(7-8-25-15)18(24)14-9-13(14)12-5-3-6-19-10-12/h3,5-6,10,13-15H,2,4,7-9,11H2,1H3,(H,20,21,22). The number of rotatable bonds is 5. The van der Waals surface area contributed by atoms with E-state index in [-0.39, 0.29) is 17.9 Å². The molecule has 3 atom stereocenters. The maximum atomic E-state index is 12.8. The van der Waals surface area contributed by atoms with Gasteiger partial charge in [0.2, 0.25) is 5.91 Å². The second kappa shape index (κ2) is 6.92. The largest absolute Gasteiger partial charge is 0.366 e. The molecule has 2 aromatic rings. The Morgan fingerprint density at radius 2 is 2.40 bits per heavy atom. The summed E-state index contributed by atoms with van der Waals surface area (Å²) in [6.07, 6.45) is 6.19. The number of nitrogens with one attached hydrogen (secondary N) is 1. The number of morpholine rings is 1. The number of aromatic nitrogens is 4. The number of aromatic amines is 1. The zero-order chi connectivity index (χ0) is 17.2. The summed E-state index contributed by atoms with van der Waals surface area (Å²) in [7, 11) is 0. The third kappa shape index (κ3) is 3.42. The van der Waals surface area contributed by atoms with Crippen LogP contribution in [0.3, 0.4) is 0 Å². The molecule has 1 aliphatic carbocycles. The summed E-state index contributed by atoms with van der Waals surface area (Å²) in [5, 5.41) is 7.23. The molecular formula is C18H23N5O2. The van der Waals surface area contributed by atoms with Crippen LogP contribution in [-0.4, -0.2) is 50.7 Å². The van der Waals surface area contributed by atoms with Gasteiger partial charge < -0.3 is 9.64 Å². The lowest BCUT2D eigenvalue weighted by atomic mass is 10.1. The van der Waals surface area contributed by atoms with Gasteiger partial charge in [0.05, 0.1) is 13.2 Å². The number of ether oxygens (including phenoxy) is 1. The molecule has 3 heterocycles. The smallest absolute Gasteiger partial charge is 0.226 e. The average Bonchev–Trinajstić information content (AvgIpc) is 3.33. The minimum atomic E-state index is -0.241. The molecule has 0 aromatic carbocycles. The van der Waals surface area contributed by atoms with Gasteiger partial charge in [-0.1, -0.05) is 13.0 Å². The highest BCUT2D eigenvalue weighted by Gasteiger charge is 2.46. The number of hydrogen-bond acceptors (Lipinski definition) is 5. The molecule has 0 spiro atoms. The van der Waals surface area contributed by atoms with E-state index in [9.17, 15) is 4.79 Å². The zero-order valence-corrected chi connectivity index (χ0v) is 14.4. The molecule has 1 aliphatic heterocycles. The maximum absolute atomic E-state index is 12.8. The molecule has 2 fully saturated rings. The van der Waals surface area contributed by atoms with Crippen LogP contribution in [0.25, 0.3) is 0 Å². The molecular weight excluding hydrogens is 318 g/mol. The van der Waals surface area contributed by atoms with Crippen LogP contribution in [0.2, 0.25) is 0 Å². The SMILES string of the molecule is CCCc1nc(C2CN(C(=O)C3CC3c3cccnc3)CCO2)n[nH]1. The van der Waals surface area contributed by atoms with Crippen LogP contribution in [0, 0.1) is 5.92 Å². The van der Waals surface area contributed by atoms with E-state index < -0.39 is 0 Å². The minimum Gasteiger partial charge on any atom is -0.366 e. The molecule has 1 saturated heterocycles. The number of nitrogens with zero attached hydrogens (tertiary/aromatic N) is 4. The lowest BCUT2D eigenvalue weighted by Gasteiger charge is -2.32. The number of aryl methyl sites for hydroxylation is 1. The molecule has 1 amide bonds. The fraction of sp³-hybridized carbons (Fsp3) is 0.556. The number of H-pyrrole nitrogens is 1. The first-order valence-corrected chi connectivity index (χ1v) is 8.97. The van der Waals surface area contributed by atoms with Gasteiger partial charge in [-0.3, -0.25) is 14.9 Å². The molecule has 0 bridgehead atoms. The summed E-state index contributed by atoms with van der Waals surface area (Å²) in [5.74, 6) is 2.13. The topological polar surface area (TPSA) is 84.0 Å². The van der Waals surface area contributed by atoms with Gasteiger partial charge in [0.1, 0.15) is 11.9 Å². The Morgan fingerprint density at radius 3 is 3.20 bits per heavy atom. The third-order valence-electron chi connectivity index (χ3n) is 4.92. The Labute approximate surface area is 146 Å². The molecule has 7 nitrogen and oxygen atoms in total. The molecule has 2 aromatic heterocycles. The van der Waals surface area contributed by atoms with Gasteiger partial charge in [-0.2, -0.15) is 5.10 Å². The fourth-order valence-corrected chi connectivity index (χ4v) is 3.47. The number of hydrogen-bond donors (Lipinski definition) is 1. The van der Waals surface area contributed by atoms with Gasteiger partial charge >= 0.3 is 0 Å². The molecule has 1 N–H and O–H groups in total. The first kappa shape index (κ1) is 16.2. The number of carbonyl (C=O) groups excluding carboxylic acids is 1. The molecule has 2 aliphatic rings. The molecule has 1 saturated carbocycles. The van der Waals surface area contributed by atoms with Gasteiger partial charge in [0.15, 0.2) is 5.82 Å². The van der Waals surface area contributed by atoms with Crippen molar-refractivity contribution in [1.82, 2.24) is 25.1 Å². The molecule has 25 heavy (non-hydrogen) atoms. The predicted octanol–water partition coefficient (Wildman–Crippen LogP) is 1.86. The van der Waals surface area contributed by atoms with Crippen LogP contribution < -0.4 is 0 Å². The van der Waals surface area contributed by atoms with E-state index in [1.165, 1.54) is 0 Å². The highest BCUT2D eigenvalue weighted by atomic mass is 16.5. The summed E-state index contributed by atoms with van der Waals surface area (Å²) < 4.78 is 5.80. The second-order valence-corrected chi connectivity index (χ2v) is 6.77. The molecule has 4 rings (SSSR count). The van der Waals surface area contributed by atoms with E-state index in [2.05, 4.69) is 33.2 Å². The van der Waals surface area contributed by atoms with Crippen LogP contribution in [0.1, 0.15) is 49.0 Å². The number of carbonyl (C=O) groups is 1. The first-order valence-electron chi connectivity index (χ1n) is 8.97. The molecule has 3 unspecified atom stereocenters. The highest BCUT2D eigenvalue weighted by Crippen LogP contribution is 2.48. The van der Waals surface area contributed by atoms with Crippen LogP contribution >= 0.6 is 0 Å². The number of pyridine rings is 1. The monoisotopic (exact) mass is 341 g/mol. The third-order valence-corrected chi connectivity index (χ3v) is 4.92. The number of amides is 1. The molecule has 7 heteroatoms. The average molecular weight is 341 g/mol. The van der Waals surface area contributed by atoms with Crippen molar-refractivity contribution < 1.29 is 9.53 Å². The van der Waals surface area contributed by atoms with Crippen molar-refractivity contribution in [3.05, 3.63) is 41.7 Å². The van der Waals surface area contributed by atoms with Gasteiger partial charge in [-0.15, -0.1) is 0 Å². The molecule has 0 radical (unpaired) electrons. The summed E-state index contributed by atoms with van der Waals surface area (Å²) in [5.41, 5.74) is 1.16. The Kier molecular flexibility index (Phi) is 4.48. The fourth-order valence-electron chi connectivity index (χ4n) is 3.47. The van der Waals surface area contributed by atoms with Crippen molar-refractivity contribution in [3.63, 3.8) is 0 Å². The second-order valence-electron chi connectivity index (χ2n) is 6.77. The van der Waals surface area contributed by atoms with E-state index in [4.69, 9.17) is 4.74 Å². The van der Waals surface area contributed by atoms with Crippen molar-refractivity contribution in [3.8, 4) is 0 Å². The van der Waals surface area contributed by atoms with Crippen molar-refractivity contribution in [2.45, 2.75) is 38.2 Å². The van der Waals surface area contributed by atoms with Crippen LogP contribution in [0.15, 0.2) is 24.5 Å². The van der Waals surface area contributed by atoms with E-state index in [0.717, 1.165) is 30.7 Å². The lowest BCUT2D eigenvalue weighted by molar-refractivity contribution is -0.140. The van der Waals surface area contributed by atoms with Crippen LogP contribution in [-0.2, 0) is 16.0 Å². The summed E-state index contributed by atoms with van der Waals surface area (Å²) >= 11 is 0. The Hall–Kier alpha value is -2.28. The zero-order valence-electron chi connectivity index (χ0n) is 14.4. The first-order chi connectivity index (χ1) is 12.3. The van der Waals surface area contributed by atoms with Crippen molar-refractivity contribution in [2.75, 3.05) is 19.7 Å². The van der Waals surface area contributed by atoms with Gasteiger partial charge in [-0.05, 0) is 30.4 Å². The van der Waals surface area contributed by atoms with Crippen molar-refractivity contribution >= 4 is 5.91 Å².